The molecular weight excluding hydrogens is 924 g/mol. The van der Waals surface area contributed by atoms with Gasteiger partial charge in [0.2, 0.25) is 5.91 Å². The van der Waals surface area contributed by atoms with Gasteiger partial charge in [-0.3, -0.25) is 13.8 Å². The van der Waals surface area contributed by atoms with E-state index < -0.39 is 20.0 Å². The van der Waals surface area contributed by atoms with E-state index in [9.17, 15) is 19.4 Å². The summed E-state index contributed by atoms with van der Waals surface area (Å²) in [4.78, 5) is 23.3. The van der Waals surface area contributed by atoms with Crippen molar-refractivity contribution in [2.45, 2.75) is 315 Å². The van der Waals surface area contributed by atoms with Crippen LogP contribution in [0.4, 0.5) is 0 Å². The molecule has 0 heterocycles. The summed E-state index contributed by atoms with van der Waals surface area (Å²) >= 11 is 0. The lowest BCUT2D eigenvalue weighted by atomic mass is 10.0. The number of rotatable bonds is 58. The Morgan fingerprint density at radius 2 is 0.795 bits per heavy atom. The van der Waals surface area contributed by atoms with Gasteiger partial charge in [-0.05, 0) is 64.2 Å². The predicted molar refractivity (Wildman–Crippen MR) is 318 cm³/mol. The molecule has 0 rings (SSSR count). The lowest BCUT2D eigenvalue weighted by Crippen LogP contribution is -2.45. The first kappa shape index (κ1) is 71.5. The molecule has 0 aromatic rings. The maximum Gasteiger partial charge on any atom is 0.472 e. The van der Waals surface area contributed by atoms with Crippen LogP contribution in [0.15, 0.2) is 48.6 Å². The van der Waals surface area contributed by atoms with Crippen LogP contribution in [0.25, 0.3) is 0 Å². The minimum Gasteiger partial charge on any atom is -0.387 e. The summed E-state index contributed by atoms with van der Waals surface area (Å²) in [5.74, 6) is -0.183. The molecule has 0 bridgehead atoms. The van der Waals surface area contributed by atoms with Gasteiger partial charge in [-0.2, -0.15) is 0 Å². The molecule has 0 fully saturated rings. The van der Waals surface area contributed by atoms with Crippen LogP contribution in [-0.2, 0) is 18.4 Å². The van der Waals surface area contributed by atoms with E-state index in [-0.39, 0.29) is 19.1 Å². The summed E-state index contributed by atoms with van der Waals surface area (Å²) in [6.07, 6.45) is 73.8. The molecule has 1 amide bonds. The van der Waals surface area contributed by atoms with Crippen molar-refractivity contribution >= 4 is 13.7 Å². The largest absolute Gasteiger partial charge is 0.472 e. The molecule has 0 aromatic heterocycles. The normalized spacial score (nSPS) is 14.1. The average Bonchev–Trinajstić information content (AvgIpc) is 3.35. The Kier molecular flexibility index (Phi) is 54.1. The highest BCUT2D eigenvalue weighted by Crippen LogP contribution is 2.43. The molecule has 430 valence electrons. The molecule has 8 nitrogen and oxygen atoms in total. The zero-order valence-electron chi connectivity index (χ0n) is 49.1. The van der Waals surface area contributed by atoms with Gasteiger partial charge in [0.25, 0.3) is 0 Å². The molecule has 0 spiro atoms. The number of aliphatic hydroxyl groups is 1. The molecule has 0 saturated carbocycles. The number of hydrogen-bond donors (Lipinski definition) is 3. The van der Waals surface area contributed by atoms with Crippen molar-refractivity contribution in [3.05, 3.63) is 48.6 Å². The highest BCUT2D eigenvalue weighted by molar-refractivity contribution is 7.47. The molecule has 9 heteroatoms. The molecule has 73 heavy (non-hydrogen) atoms. The van der Waals surface area contributed by atoms with E-state index in [4.69, 9.17) is 9.05 Å². The van der Waals surface area contributed by atoms with Gasteiger partial charge in [0.05, 0.1) is 39.9 Å². The lowest BCUT2D eigenvalue weighted by Gasteiger charge is -2.25. The summed E-state index contributed by atoms with van der Waals surface area (Å²) in [6.45, 7) is 4.83. The minimum atomic E-state index is -4.36. The van der Waals surface area contributed by atoms with Gasteiger partial charge in [-0.1, -0.05) is 281 Å². The van der Waals surface area contributed by atoms with Gasteiger partial charge in [0, 0.05) is 6.42 Å². The Morgan fingerprint density at radius 3 is 1.18 bits per heavy atom. The third kappa shape index (κ3) is 58.0. The van der Waals surface area contributed by atoms with Crippen molar-refractivity contribution in [2.75, 3.05) is 40.9 Å². The number of quaternary nitrogens is 1. The van der Waals surface area contributed by atoms with E-state index in [2.05, 4.69) is 55.6 Å². The number of amides is 1. The van der Waals surface area contributed by atoms with Crippen LogP contribution in [0.5, 0.6) is 0 Å². The van der Waals surface area contributed by atoms with Crippen molar-refractivity contribution in [2.24, 2.45) is 0 Å². The van der Waals surface area contributed by atoms with E-state index in [1.807, 2.05) is 27.2 Å². The highest BCUT2D eigenvalue weighted by Gasteiger charge is 2.27. The maximum atomic E-state index is 13.0. The van der Waals surface area contributed by atoms with Crippen LogP contribution in [-0.4, -0.2) is 73.4 Å². The third-order valence-electron chi connectivity index (χ3n) is 14.3. The number of nitrogens with one attached hydrogen (secondary N) is 1. The summed E-state index contributed by atoms with van der Waals surface area (Å²) in [5.41, 5.74) is 0. The zero-order valence-corrected chi connectivity index (χ0v) is 50.0. The number of nitrogens with zero attached hydrogens (tertiary/aromatic N) is 1. The Balaban J connectivity index is 4.08. The van der Waals surface area contributed by atoms with Gasteiger partial charge >= 0.3 is 7.82 Å². The smallest absolute Gasteiger partial charge is 0.387 e. The number of phosphoric ester groups is 1. The number of carbonyl (C=O) groups is 1. The van der Waals surface area contributed by atoms with E-state index in [0.717, 1.165) is 44.9 Å². The van der Waals surface area contributed by atoms with Crippen LogP contribution in [0.3, 0.4) is 0 Å². The van der Waals surface area contributed by atoms with Crippen LogP contribution in [0.1, 0.15) is 303 Å². The lowest BCUT2D eigenvalue weighted by molar-refractivity contribution is -0.870. The van der Waals surface area contributed by atoms with Gasteiger partial charge < -0.3 is 19.8 Å². The van der Waals surface area contributed by atoms with Gasteiger partial charge in [-0.15, -0.1) is 0 Å². The van der Waals surface area contributed by atoms with Crippen molar-refractivity contribution in [3.8, 4) is 0 Å². The summed E-state index contributed by atoms with van der Waals surface area (Å²) < 4.78 is 23.7. The number of phosphoric acid groups is 1. The fraction of sp³-hybridized carbons (Fsp3) is 0.859. The molecule has 0 radical (unpaired) electrons. The Hall–Kier alpha value is -1.54. The van der Waals surface area contributed by atoms with E-state index in [0.29, 0.717) is 17.4 Å². The number of aliphatic hydroxyl groups excluding tert-OH is 1. The van der Waals surface area contributed by atoms with Gasteiger partial charge in [0.1, 0.15) is 13.2 Å². The van der Waals surface area contributed by atoms with E-state index in [1.54, 1.807) is 6.08 Å². The topological polar surface area (TPSA) is 105 Å². The summed E-state index contributed by atoms with van der Waals surface area (Å²) in [7, 11) is 1.56. The number of likely N-dealkylation sites (N-methyl/N-ethyl adjacent to an activating group) is 1. The van der Waals surface area contributed by atoms with Crippen LogP contribution < -0.4 is 5.32 Å². The third-order valence-corrected chi connectivity index (χ3v) is 15.3. The molecule has 0 aliphatic carbocycles. The summed E-state index contributed by atoms with van der Waals surface area (Å²) in [6, 6.07) is -0.864. The Bertz CT molecular complexity index is 1330. The Labute approximate surface area is 454 Å². The molecule has 0 saturated heterocycles. The second-order valence-electron chi connectivity index (χ2n) is 22.8. The first-order valence-corrected chi connectivity index (χ1v) is 33.0. The number of carbonyl (C=O) groups excluding carboxylic acids is 1. The van der Waals surface area contributed by atoms with Crippen molar-refractivity contribution in [3.63, 3.8) is 0 Å². The van der Waals surface area contributed by atoms with Gasteiger partial charge in [-0.25, -0.2) is 4.57 Å². The monoisotopic (exact) mass is 1050 g/mol. The molecule has 0 aliphatic heterocycles. The quantitative estimate of drug-likeness (QED) is 0.0243. The standard InChI is InChI=1S/C64H123N2O6P/c1-6-8-10-12-14-16-18-20-22-24-26-27-28-29-30-31-32-33-34-35-36-37-38-39-40-42-44-46-48-50-52-54-56-58-64(68)65-62(61-72-73(69,70)71-60-59-66(3,4)5)63(67)57-55-53-51-49-47-45-43-41-25-23-21-19-17-15-13-11-9-7-2/h26-27,29-30,47,49,55,57,62-63,67H,6-25,28,31-46,48,50-54,56,58-61H2,1-5H3,(H-,65,68,69,70)/p+1/b27-26-,30-29-,49-47+,57-55+. The number of hydrogen-bond acceptors (Lipinski definition) is 5. The van der Waals surface area contributed by atoms with E-state index >= 15 is 0 Å². The van der Waals surface area contributed by atoms with E-state index in [1.165, 1.54) is 238 Å². The zero-order chi connectivity index (χ0) is 53.5. The predicted octanol–water partition coefficient (Wildman–Crippen LogP) is 19.5. The van der Waals surface area contributed by atoms with Crippen LogP contribution in [0.2, 0.25) is 0 Å². The highest BCUT2D eigenvalue weighted by atomic mass is 31.2. The van der Waals surface area contributed by atoms with Crippen molar-refractivity contribution < 1.29 is 32.9 Å². The van der Waals surface area contributed by atoms with Gasteiger partial charge in [0.15, 0.2) is 0 Å². The summed E-state index contributed by atoms with van der Waals surface area (Å²) in [5, 5.41) is 13.9. The molecule has 3 atom stereocenters. The second kappa shape index (κ2) is 55.2. The average molecular weight is 1050 g/mol. The van der Waals surface area contributed by atoms with Crippen molar-refractivity contribution in [1.29, 1.82) is 0 Å². The molecule has 3 N–H and O–H groups in total. The Morgan fingerprint density at radius 1 is 0.466 bits per heavy atom. The molecule has 0 aromatic carbocycles. The van der Waals surface area contributed by atoms with Crippen molar-refractivity contribution in [1.82, 2.24) is 5.32 Å². The first-order valence-electron chi connectivity index (χ1n) is 31.5. The molecule has 3 unspecified atom stereocenters. The second-order valence-corrected chi connectivity index (χ2v) is 24.2. The maximum absolute atomic E-state index is 13.0. The van der Waals surface area contributed by atoms with Crippen LogP contribution in [0, 0.1) is 0 Å². The minimum absolute atomic E-state index is 0.0566. The SMILES string of the molecule is CCCCCCCCCCC/C=C\C/C=C\CCCCCCCCCCCCCCCCCCCC(=O)NC(COP(=O)(O)OCC[N+](C)(C)C)C(O)/C=C/CC/C=C/CCCCCCCCCCCCCC. The number of allylic oxidation sites excluding steroid dienone is 7. The first-order chi connectivity index (χ1) is 35.5. The molecule has 0 aliphatic rings. The fourth-order valence-corrected chi connectivity index (χ4v) is 10.1. The fourth-order valence-electron chi connectivity index (χ4n) is 9.33. The number of unbranched alkanes of at least 4 members (excludes halogenated alkanes) is 39. The molecular formula is C64H124N2O6P+. The van der Waals surface area contributed by atoms with Crippen LogP contribution >= 0.6 is 7.82 Å².